The molecule has 0 bridgehead atoms. The van der Waals surface area contributed by atoms with E-state index in [-0.39, 0.29) is 0 Å². The molecule has 28 heavy (non-hydrogen) atoms. The number of benzene rings is 2. The van der Waals surface area contributed by atoms with Crippen molar-refractivity contribution in [1.29, 1.82) is 0 Å². The van der Waals surface area contributed by atoms with Crippen molar-refractivity contribution in [3.63, 3.8) is 0 Å². The number of hydrogen-bond donors (Lipinski definition) is 1. The highest BCUT2D eigenvalue weighted by Gasteiger charge is 1.94. The zero-order chi connectivity index (χ0) is 20.6. The molecule has 0 amide bonds. The molecule has 0 unspecified atom stereocenters. The van der Waals surface area contributed by atoms with Gasteiger partial charge >= 0.3 is 10.5 Å². The maximum absolute atomic E-state index is 10.2. The maximum Gasteiger partial charge on any atom is 0.435 e. The van der Waals surface area contributed by atoms with Crippen LogP contribution in [-0.4, -0.2) is 23.8 Å². The van der Waals surface area contributed by atoms with Crippen LogP contribution < -0.4 is 5.36 Å². The van der Waals surface area contributed by atoms with Crippen LogP contribution in [0.25, 0.3) is 5.69 Å². The van der Waals surface area contributed by atoms with E-state index in [1.54, 1.807) is 6.21 Å². The predicted molar refractivity (Wildman–Crippen MR) is 108 cm³/mol. The Kier molecular flexibility index (Phi) is 7.89. The number of nitrogens with zero attached hydrogens (tertiary/aromatic N) is 3. The number of halogens is 3. The van der Waals surface area contributed by atoms with Crippen LogP contribution in [0.2, 0.25) is 10.0 Å². The summed E-state index contributed by atoms with van der Waals surface area (Å²) in [6.07, 6.45) is 5.55. The molecule has 0 radical (unpaired) electrons. The molecule has 146 valence electrons. The van der Waals surface area contributed by atoms with Gasteiger partial charge in [-0.2, -0.15) is 18.6 Å². The first kappa shape index (κ1) is 21.8. The monoisotopic (exact) mass is 441 g/mol. The van der Waals surface area contributed by atoms with Crippen LogP contribution in [0.4, 0.5) is 3.89 Å². The second kappa shape index (κ2) is 10.1. The van der Waals surface area contributed by atoms with Crippen molar-refractivity contribution in [2.45, 2.75) is 0 Å². The second-order valence-electron chi connectivity index (χ2n) is 5.25. The summed E-state index contributed by atoms with van der Waals surface area (Å²) >= 11 is 11.7. The van der Waals surface area contributed by atoms with Gasteiger partial charge in [0.1, 0.15) is 0 Å². The molecular weight excluding hydrogens is 428 g/mol. The summed E-state index contributed by atoms with van der Waals surface area (Å²) in [6, 6.07) is 18.8. The lowest BCUT2D eigenvalue weighted by Crippen LogP contribution is -2.03. The van der Waals surface area contributed by atoms with Gasteiger partial charge in [-0.25, -0.2) is 0 Å². The predicted octanol–water partition coefficient (Wildman–Crippen LogP) is 4.48. The standard InChI is InChI=1S/C18H13Cl2N3.FHO3S/c19-15-3-1-14(2-4-15)13-21-22-17-9-11-23(12-10-17)18-7-5-16(20)6-8-18;1-5(2,3)4/h1-13H;(H,2,3,4). The van der Waals surface area contributed by atoms with Gasteiger partial charge in [-0.1, -0.05) is 39.2 Å². The molecule has 0 spiro atoms. The summed E-state index contributed by atoms with van der Waals surface area (Å²) in [5, 5.41) is 10.5. The average molecular weight is 442 g/mol. The van der Waals surface area contributed by atoms with Crippen molar-refractivity contribution in [1.82, 2.24) is 4.57 Å². The van der Waals surface area contributed by atoms with E-state index < -0.39 is 10.5 Å². The summed E-state index contributed by atoms with van der Waals surface area (Å²) in [4.78, 5) is 0. The lowest BCUT2D eigenvalue weighted by atomic mass is 10.2. The normalized spacial score (nSPS) is 11.0. The van der Waals surface area contributed by atoms with E-state index >= 15 is 0 Å². The summed E-state index contributed by atoms with van der Waals surface area (Å²) in [7, 11) is -5.17. The zero-order valence-electron chi connectivity index (χ0n) is 14.2. The molecule has 10 heteroatoms. The highest BCUT2D eigenvalue weighted by molar-refractivity contribution is 7.80. The molecule has 6 nitrogen and oxygen atoms in total. The highest BCUT2D eigenvalue weighted by Crippen LogP contribution is 2.12. The smallest absolute Gasteiger partial charge is 0.324 e. The van der Waals surface area contributed by atoms with Gasteiger partial charge in [-0.15, -0.1) is 0 Å². The van der Waals surface area contributed by atoms with E-state index in [2.05, 4.69) is 10.2 Å². The molecule has 0 aliphatic rings. The van der Waals surface area contributed by atoms with Crippen molar-refractivity contribution in [3.05, 3.63) is 94.0 Å². The van der Waals surface area contributed by atoms with Gasteiger partial charge in [-0.3, -0.25) is 4.55 Å². The molecular formula is C18H14Cl2FN3O3S. The first-order chi connectivity index (χ1) is 13.2. The molecule has 0 aliphatic carbocycles. The van der Waals surface area contributed by atoms with Crippen molar-refractivity contribution < 1.29 is 16.9 Å². The zero-order valence-corrected chi connectivity index (χ0v) is 16.5. The summed E-state index contributed by atoms with van der Waals surface area (Å²) in [6.45, 7) is 0. The summed E-state index contributed by atoms with van der Waals surface area (Å²) < 4.78 is 36.1. The fourth-order valence-electron chi connectivity index (χ4n) is 1.98. The van der Waals surface area contributed by atoms with Crippen LogP contribution in [0, 0.1) is 0 Å². The Balaban J connectivity index is 0.000000500. The summed E-state index contributed by atoms with van der Waals surface area (Å²) in [5.74, 6) is 0. The van der Waals surface area contributed by atoms with Crippen LogP contribution in [-0.2, 0) is 10.5 Å². The lowest BCUT2D eigenvalue weighted by molar-refractivity contribution is 0.435. The molecule has 3 rings (SSSR count). The average Bonchev–Trinajstić information content (AvgIpc) is 2.63. The van der Waals surface area contributed by atoms with Gasteiger partial charge in [0.25, 0.3) is 0 Å². The van der Waals surface area contributed by atoms with Gasteiger partial charge in [0.05, 0.1) is 11.6 Å². The molecule has 0 saturated carbocycles. The van der Waals surface area contributed by atoms with E-state index in [1.807, 2.05) is 77.6 Å². The van der Waals surface area contributed by atoms with Gasteiger partial charge in [-0.05, 0) is 54.1 Å². The van der Waals surface area contributed by atoms with Crippen LogP contribution in [0.5, 0.6) is 0 Å². The Labute approximate surface area is 171 Å². The third-order valence-electron chi connectivity index (χ3n) is 3.19. The third kappa shape index (κ3) is 8.45. The molecule has 0 fully saturated rings. The number of rotatable bonds is 3. The molecule has 2 aromatic carbocycles. The van der Waals surface area contributed by atoms with Crippen molar-refractivity contribution >= 4 is 39.9 Å². The van der Waals surface area contributed by atoms with Crippen LogP contribution in [0.15, 0.2) is 83.3 Å². The number of aromatic nitrogens is 1. The van der Waals surface area contributed by atoms with Gasteiger partial charge in [0.15, 0.2) is 0 Å². The van der Waals surface area contributed by atoms with E-state index in [1.165, 1.54) is 0 Å². The van der Waals surface area contributed by atoms with Crippen molar-refractivity contribution in [2.75, 3.05) is 0 Å². The minimum Gasteiger partial charge on any atom is -0.324 e. The highest BCUT2D eigenvalue weighted by atomic mass is 35.5. The minimum absolute atomic E-state index is 0.703. The molecule has 3 aromatic rings. The number of hydrogen-bond acceptors (Lipinski definition) is 4. The fraction of sp³-hybridized carbons (Fsp3) is 0. The first-order valence-electron chi connectivity index (χ1n) is 7.65. The molecule has 1 N–H and O–H groups in total. The molecule has 0 aliphatic heterocycles. The maximum atomic E-state index is 10.2. The molecule has 0 atom stereocenters. The number of pyridine rings is 1. The Morgan fingerprint density at radius 2 is 1.36 bits per heavy atom. The van der Waals surface area contributed by atoms with E-state index in [4.69, 9.17) is 36.2 Å². The lowest BCUT2D eigenvalue weighted by Gasteiger charge is -2.05. The Bertz CT molecular complexity index is 1090. The Morgan fingerprint density at radius 3 is 1.86 bits per heavy atom. The van der Waals surface area contributed by atoms with E-state index in [0.29, 0.717) is 5.02 Å². The minimum atomic E-state index is -5.17. The summed E-state index contributed by atoms with van der Waals surface area (Å²) in [5.41, 5.74) is 1.98. The molecule has 0 saturated heterocycles. The largest absolute Gasteiger partial charge is 0.435 e. The second-order valence-corrected chi connectivity index (χ2v) is 6.95. The molecule has 1 heterocycles. The van der Waals surface area contributed by atoms with Crippen molar-refractivity contribution in [3.8, 4) is 5.69 Å². The van der Waals surface area contributed by atoms with Gasteiger partial charge < -0.3 is 4.57 Å². The quantitative estimate of drug-likeness (QED) is 0.281. The molecule has 1 aromatic heterocycles. The topological polar surface area (TPSA) is 84.0 Å². The third-order valence-corrected chi connectivity index (χ3v) is 3.69. The van der Waals surface area contributed by atoms with Crippen LogP contribution in [0.1, 0.15) is 5.56 Å². The van der Waals surface area contributed by atoms with Gasteiger partial charge in [0.2, 0.25) is 0 Å². The SMILES string of the molecule is Clc1ccc(C=NN=c2ccn(-c3ccc(Cl)cc3)cc2)cc1.O=S(=O)(O)F. The van der Waals surface area contributed by atoms with E-state index in [0.717, 1.165) is 21.6 Å². The van der Waals surface area contributed by atoms with E-state index in [9.17, 15) is 3.89 Å². The van der Waals surface area contributed by atoms with Crippen LogP contribution >= 0.6 is 23.2 Å². The fourth-order valence-corrected chi connectivity index (χ4v) is 2.23. The Morgan fingerprint density at radius 1 is 0.893 bits per heavy atom. The van der Waals surface area contributed by atoms with Gasteiger partial charge in [0, 0.05) is 28.1 Å². The first-order valence-corrected chi connectivity index (χ1v) is 9.74. The Hall–Kier alpha value is -2.52. The van der Waals surface area contributed by atoms with Crippen molar-refractivity contribution in [2.24, 2.45) is 10.2 Å². The van der Waals surface area contributed by atoms with Crippen LogP contribution in [0.3, 0.4) is 0 Å².